The first kappa shape index (κ1) is 17.0. The molecule has 0 aromatic heterocycles. The first-order valence-corrected chi connectivity index (χ1v) is 7.28. The summed E-state index contributed by atoms with van der Waals surface area (Å²) in [5.41, 5.74) is 0.575. The van der Waals surface area contributed by atoms with Gasteiger partial charge in [0.1, 0.15) is 0 Å². The lowest BCUT2D eigenvalue weighted by molar-refractivity contribution is -0.152. The lowest BCUT2D eigenvalue weighted by Crippen LogP contribution is -2.41. The average molecular weight is 306 g/mol. The predicted octanol–water partition coefficient (Wildman–Crippen LogP) is 1.85. The van der Waals surface area contributed by atoms with Gasteiger partial charge in [0.2, 0.25) is 0 Å². The highest BCUT2D eigenvalue weighted by molar-refractivity contribution is 6.62. The number of methoxy groups -OCH3 is 2. The fourth-order valence-corrected chi connectivity index (χ4v) is 2.39. The monoisotopic (exact) mass is 306 g/mol. The molecule has 0 radical (unpaired) electrons. The quantitative estimate of drug-likeness (QED) is 0.627. The topological polar surface area (TPSA) is 54.0 Å². The Morgan fingerprint density at radius 2 is 1.64 bits per heavy atom. The molecule has 22 heavy (non-hydrogen) atoms. The Bertz CT molecular complexity index is 539. The highest BCUT2D eigenvalue weighted by atomic mass is 16.7. The zero-order chi connectivity index (χ0) is 16.5. The summed E-state index contributed by atoms with van der Waals surface area (Å²) >= 11 is 0. The van der Waals surface area contributed by atoms with E-state index >= 15 is 0 Å². The number of carbonyl (C=O) groups excluding carboxylic acids is 1. The Balaban J connectivity index is 2.40. The van der Waals surface area contributed by atoms with Gasteiger partial charge in [-0.25, -0.2) is 4.79 Å². The molecule has 1 unspecified atom stereocenters. The van der Waals surface area contributed by atoms with Gasteiger partial charge in [0.05, 0.1) is 18.3 Å². The third kappa shape index (κ3) is 2.91. The van der Waals surface area contributed by atoms with Crippen molar-refractivity contribution in [1.82, 2.24) is 0 Å². The van der Waals surface area contributed by atoms with Crippen LogP contribution in [-0.4, -0.2) is 38.5 Å². The molecule has 1 saturated heterocycles. The van der Waals surface area contributed by atoms with E-state index < -0.39 is 30.4 Å². The number of ether oxygens (including phenoxy) is 2. The smallest absolute Gasteiger partial charge is 0.467 e. The van der Waals surface area contributed by atoms with E-state index in [2.05, 4.69) is 0 Å². The largest absolute Gasteiger partial charge is 0.495 e. The summed E-state index contributed by atoms with van der Waals surface area (Å²) in [4.78, 5) is 11.9. The van der Waals surface area contributed by atoms with Crippen LogP contribution < -0.4 is 5.46 Å². The van der Waals surface area contributed by atoms with Crippen LogP contribution in [0, 0.1) is 0 Å². The molecule has 0 bridgehead atoms. The van der Waals surface area contributed by atoms with Gasteiger partial charge in [-0.1, -0.05) is 24.3 Å². The van der Waals surface area contributed by atoms with E-state index in [0.29, 0.717) is 5.56 Å². The molecule has 5 nitrogen and oxygen atoms in total. The maximum absolute atomic E-state index is 11.9. The van der Waals surface area contributed by atoms with Crippen LogP contribution in [0.5, 0.6) is 0 Å². The molecule has 0 spiro atoms. The molecule has 0 amide bonds. The molecule has 1 aromatic carbocycles. The molecular formula is C16H23BO5. The van der Waals surface area contributed by atoms with Crippen LogP contribution >= 0.6 is 0 Å². The van der Waals surface area contributed by atoms with Crippen LogP contribution in [-0.2, 0) is 23.6 Å². The van der Waals surface area contributed by atoms with Gasteiger partial charge in [-0.3, -0.25) is 0 Å². The number of hydrogen-bond donors (Lipinski definition) is 0. The Morgan fingerprint density at radius 1 is 1.09 bits per heavy atom. The summed E-state index contributed by atoms with van der Waals surface area (Å²) < 4.78 is 22.3. The van der Waals surface area contributed by atoms with Crippen LogP contribution in [0.2, 0.25) is 0 Å². The zero-order valence-corrected chi connectivity index (χ0v) is 14.0. The minimum atomic E-state index is -0.805. The molecule has 1 aliphatic rings. The van der Waals surface area contributed by atoms with Crippen LogP contribution in [0.25, 0.3) is 0 Å². The second kappa shape index (κ2) is 6.03. The van der Waals surface area contributed by atoms with Crippen LogP contribution in [0.4, 0.5) is 0 Å². The second-order valence-corrected chi connectivity index (χ2v) is 6.36. The first-order valence-electron chi connectivity index (χ1n) is 7.28. The molecule has 0 aliphatic carbocycles. The van der Waals surface area contributed by atoms with Crippen LogP contribution in [0.15, 0.2) is 24.3 Å². The fourth-order valence-electron chi connectivity index (χ4n) is 2.39. The molecule has 6 heteroatoms. The van der Waals surface area contributed by atoms with Crippen molar-refractivity contribution in [2.45, 2.75) is 45.0 Å². The fraction of sp³-hybridized carbons (Fsp3) is 0.562. The van der Waals surface area contributed by atoms with Crippen LogP contribution in [0.3, 0.4) is 0 Å². The molecular weight excluding hydrogens is 283 g/mol. The lowest BCUT2D eigenvalue weighted by Gasteiger charge is -2.32. The van der Waals surface area contributed by atoms with Gasteiger partial charge < -0.3 is 18.8 Å². The van der Waals surface area contributed by atoms with Crippen molar-refractivity contribution >= 4 is 18.6 Å². The van der Waals surface area contributed by atoms with Crippen LogP contribution in [0.1, 0.15) is 39.4 Å². The van der Waals surface area contributed by atoms with E-state index in [1.54, 1.807) is 0 Å². The zero-order valence-electron chi connectivity index (χ0n) is 14.0. The standard InChI is InChI=1S/C16H23BO5/c1-15(2)16(3,4)22-17(21-15)12-10-8-7-9-11(12)13(19-5)14(18)20-6/h7-10,13H,1-6H3. The summed E-state index contributed by atoms with van der Waals surface area (Å²) in [5, 5.41) is 0. The van der Waals surface area contributed by atoms with E-state index in [-0.39, 0.29) is 0 Å². The highest BCUT2D eigenvalue weighted by Crippen LogP contribution is 2.37. The summed E-state index contributed by atoms with van der Waals surface area (Å²) in [6, 6.07) is 7.44. The third-order valence-corrected chi connectivity index (χ3v) is 4.44. The van der Waals surface area contributed by atoms with Gasteiger partial charge in [-0.05, 0) is 38.7 Å². The summed E-state index contributed by atoms with van der Waals surface area (Å²) in [7, 11) is 2.26. The molecule has 1 heterocycles. The number of rotatable bonds is 4. The molecule has 2 rings (SSSR count). The van der Waals surface area contributed by atoms with E-state index in [1.807, 2.05) is 52.0 Å². The number of benzene rings is 1. The Labute approximate surface area is 132 Å². The van der Waals surface area contributed by atoms with Crippen molar-refractivity contribution in [3.05, 3.63) is 29.8 Å². The Hall–Kier alpha value is -1.37. The Morgan fingerprint density at radius 3 is 2.14 bits per heavy atom. The summed E-state index contributed by atoms with van der Waals surface area (Å²) in [5.74, 6) is -0.452. The molecule has 120 valence electrons. The van der Waals surface area contributed by atoms with E-state index in [4.69, 9.17) is 18.8 Å². The molecule has 1 aromatic rings. The SMILES string of the molecule is COC(=O)C(OC)c1ccccc1B1OC(C)(C)C(C)(C)O1. The van der Waals surface area contributed by atoms with E-state index in [0.717, 1.165) is 5.46 Å². The van der Waals surface area contributed by atoms with Crippen molar-refractivity contribution in [3.63, 3.8) is 0 Å². The normalized spacial score (nSPS) is 20.7. The maximum atomic E-state index is 11.9. The average Bonchev–Trinajstić information content (AvgIpc) is 2.68. The van der Waals surface area contributed by atoms with Gasteiger partial charge in [0, 0.05) is 7.11 Å². The summed E-state index contributed by atoms with van der Waals surface area (Å²) in [6.07, 6.45) is -0.805. The highest BCUT2D eigenvalue weighted by Gasteiger charge is 2.52. The number of hydrogen-bond acceptors (Lipinski definition) is 5. The number of carbonyl (C=O) groups is 1. The van der Waals surface area contributed by atoms with Gasteiger partial charge >= 0.3 is 13.1 Å². The molecule has 1 atom stereocenters. The van der Waals surface area contributed by atoms with E-state index in [9.17, 15) is 4.79 Å². The molecule has 1 aliphatic heterocycles. The van der Waals surface area contributed by atoms with Gasteiger partial charge in [-0.2, -0.15) is 0 Å². The van der Waals surface area contributed by atoms with Crippen molar-refractivity contribution in [2.24, 2.45) is 0 Å². The Kier molecular flexibility index (Phi) is 4.66. The van der Waals surface area contributed by atoms with Crippen molar-refractivity contribution in [1.29, 1.82) is 0 Å². The van der Waals surface area contributed by atoms with Crippen molar-refractivity contribution in [3.8, 4) is 0 Å². The van der Waals surface area contributed by atoms with Gasteiger partial charge in [0.25, 0.3) is 0 Å². The first-order chi connectivity index (χ1) is 10.2. The van der Waals surface area contributed by atoms with E-state index in [1.165, 1.54) is 14.2 Å². The molecule has 1 fully saturated rings. The number of esters is 1. The lowest BCUT2D eigenvalue weighted by atomic mass is 9.74. The van der Waals surface area contributed by atoms with Gasteiger partial charge in [0.15, 0.2) is 6.10 Å². The third-order valence-electron chi connectivity index (χ3n) is 4.44. The van der Waals surface area contributed by atoms with Crippen molar-refractivity contribution < 1.29 is 23.6 Å². The van der Waals surface area contributed by atoms with Gasteiger partial charge in [-0.15, -0.1) is 0 Å². The maximum Gasteiger partial charge on any atom is 0.495 e. The molecule has 0 N–H and O–H groups in total. The minimum absolute atomic E-state index is 0.446. The minimum Gasteiger partial charge on any atom is -0.467 e. The second-order valence-electron chi connectivity index (χ2n) is 6.36. The molecule has 0 saturated carbocycles. The summed E-state index contributed by atoms with van der Waals surface area (Å²) in [6.45, 7) is 7.96. The predicted molar refractivity (Wildman–Crippen MR) is 83.9 cm³/mol. The van der Waals surface area contributed by atoms with Crippen molar-refractivity contribution in [2.75, 3.05) is 14.2 Å².